The average molecular weight is 498 g/mol. The minimum atomic E-state index is -0.879. The molecule has 4 N–H and O–H groups in total. The first kappa shape index (κ1) is 25.5. The molecule has 1 aromatic heterocycles. The van der Waals surface area contributed by atoms with Crippen LogP contribution >= 0.6 is 11.6 Å². The van der Waals surface area contributed by atoms with Crippen LogP contribution in [0.15, 0.2) is 88.5 Å². The van der Waals surface area contributed by atoms with Crippen molar-refractivity contribution in [1.82, 2.24) is 21.1 Å². The first-order valence-electron chi connectivity index (χ1n) is 10.3. The van der Waals surface area contributed by atoms with Crippen LogP contribution in [0.2, 0.25) is 5.02 Å². The fourth-order valence-electron chi connectivity index (χ4n) is 2.82. The first-order chi connectivity index (χ1) is 17.0. The number of hydrogen-bond donors (Lipinski definition) is 4. The molecule has 0 saturated carbocycles. The second kappa shape index (κ2) is 12.9. The summed E-state index contributed by atoms with van der Waals surface area (Å²) in [6, 6.07) is 22.1. The van der Waals surface area contributed by atoms with E-state index in [0.717, 1.165) is 5.56 Å². The van der Waals surface area contributed by atoms with Gasteiger partial charge in [-0.25, -0.2) is 18.8 Å². The van der Waals surface area contributed by atoms with Crippen LogP contribution < -0.4 is 10.8 Å². The van der Waals surface area contributed by atoms with E-state index in [1.165, 1.54) is 18.2 Å². The molecule has 0 aliphatic carbocycles. The van der Waals surface area contributed by atoms with Gasteiger partial charge < -0.3 is 10.4 Å². The monoisotopic (exact) mass is 497 g/mol. The number of rotatable bonds is 7. The Kier molecular flexibility index (Phi) is 9.43. The van der Waals surface area contributed by atoms with Gasteiger partial charge in [-0.3, -0.25) is 10.7 Å². The number of nitrogens with zero attached hydrogens (tertiary/aromatic N) is 3. The number of aromatic carboxylic acids is 1. The zero-order valence-electron chi connectivity index (χ0n) is 18.2. The summed E-state index contributed by atoms with van der Waals surface area (Å²) >= 11 is 5.74. The molecule has 180 valence electrons. The maximum atomic E-state index is 13.2. The number of hydroxylamine groups is 1. The molecule has 3 aromatic carbocycles. The number of carboxylic acid groups (broad SMARTS) is 1. The Bertz CT molecular complexity index is 1270. The van der Waals surface area contributed by atoms with Crippen LogP contribution in [0, 0.1) is 5.82 Å². The number of hydrogen-bond acceptors (Lipinski definition) is 7. The molecule has 0 amide bonds. The number of carbonyl (C=O) groups is 1. The van der Waals surface area contributed by atoms with Gasteiger partial charge >= 0.3 is 5.97 Å². The summed E-state index contributed by atoms with van der Waals surface area (Å²) in [5.41, 5.74) is 4.42. The molecular weight excluding hydrogens is 477 g/mol. The molecule has 0 saturated heterocycles. The predicted molar refractivity (Wildman–Crippen MR) is 127 cm³/mol. The van der Waals surface area contributed by atoms with Gasteiger partial charge in [0, 0.05) is 13.1 Å². The fourth-order valence-corrected chi connectivity index (χ4v) is 2.99. The van der Waals surface area contributed by atoms with E-state index in [1.807, 2.05) is 35.8 Å². The minimum absolute atomic E-state index is 0.00503. The lowest BCUT2D eigenvalue weighted by molar-refractivity contribution is 0.0697. The fraction of sp³-hybridized carbons (Fsp3) is 0.0833. The summed E-state index contributed by atoms with van der Waals surface area (Å²) in [6.45, 7) is 0.971. The number of amidine groups is 1. The Labute approximate surface area is 204 Å². The number of carboxylic acids is 1. The highest BCUT2D eigenvalue weighted by Crippen LogP contribution is 2.22. The van der Waals surface area contributed by atoms with Crippen molar-refractivity contribution in [3.63, 3.8) is 0 Å². The van der Waals surface area contributed by atoms with Gasteiger partial charge in [0.15, 0.2) is 11.5 Å². The summed E-state index contributed by atoms with van der Waals surface area (Å²) in [7, 11) is 0. The molecule has 0 aliphatic rings. The van der Waals surface area contributed by atoms with Crippen molar-refractivity contribution in [2.75, 3.05) is 0 Å². The maximum absolute atomic E-state index is 13.2. The van der Waals surface area contributed by atoms with Gasteiger partial charge in [0.1, 0.15) is 11.5 Å². The quantitative estimate of drug-likeness (QED) is 0.165. The molecule has 4 rings (SSSR count). The van der Waals surface area contributed by atoms with Gasteiger partial charge in [-0.1, -0.05) is 65.3 Å². The van der Waals surface area contributed by atoms with Gasteiger partial charge in [-0.2, -0.15) is 0 Å². The van der Waals surface area contributed by atoms with Crippen LogP contribution in [0.25, 0.3) is 0 Å². The van der Waals surface area contributed by atoms with Crippen LogP contribution in [-0.2, 0) is 13.1 Å². The average Bonchev–Trinajstić information content (AvgIpc) is 3.34. The summed E-state index contributed by atoms with van der Waals surface area (Å²) in [5.74, 6) is -1.43. The van der Waals surface area contributed by atoms with Crippen LogP contribution in [0.3, 0.4) is 0 Å². The van der Waals surface area contributed by atoms with Crippen molar-refractivity contribution in [3.05, 3.63) is 112 Å². The molecule has 35 heavy (non-hydrogen) atoms. The minimum Gasteiger partial charge on any atom is -0.478 e. The number of aliphatic imine (C=N–C) groups is 1. The maximum Gasteiger partial charge on any atom is 0.335 e. The van der Waals surface area contributed by atoms with E-state index in [-0.39, 0.29) is 16.6 Å². The smallest absolute Gasteiger partial charge is 0.335 e. The predicted octanol–water partition coefficient (Wildman–Crippen LogP) is 4.59. The van der Waals surface area contributed by atoms with Gasteiger partial charge in [0.2, 0.25) is 0 Å². The lowest BCUT2D eigenvalue weighted by atomic mass is 10.2. The van der Waals surface area contributed by atoms with E-state index >= 15 is 0 Å². The molecule has 0 spiro atoms. The first-order valence-corrected chi connectivity index (χ1v) is 10.6. The standard InChI is InChI=1S/C17H15ClFN5O2.C7H6O2/c18-13-8-12(6-7-14(13)19)21-17(22-25)16-15(23-26-24-16)10-20-9-11-4-2-1-3-5-11;8-7(9)6-4-2-1-3-5-6/h1-8,20,25H,9-10H2,(H,21,22);1-5H,(H,8,9). The molecule has 9 nitrogen and oxygen atoms in total. The van der Waals surface area contributed by atoms with Crippen LogP contribution in [0.5, 0.6) is 0 Å². The van der Waals surface area contributed by atoms with Gasteiger partial charge in [-0.05, 0) is 41.1 Å². The van der Waals surface area contributed by atoms with E-state index in [4.69, 9.17) is 21.3 Å². The van der Waals surface area contributed by atoms with E-state index in [9.17, 15) is 14.4 Å². The van der Waals surface area contributed by atoms with Crippen LogP contribution in [0.4, 0.5) is 10.1 Å². The summed E-state index contributed by atoms with van der Waals surface area (Å²) in [6.07, 6.45) is 0. The van der Waals surface area contributed by atoms with E-state index in [1.54, 1.807) is 30.3 Å². The molecule has 11 heteroatoms. The highest BCUT2D eigenvalue weighted by molar-refractivity contribution is 6.31. The Morgan fingerprint density at radius 2 is 1.69 bits per heavy atom. The van der Waals surface area contributed by atoms with Crippen molar-refractivity contribution < 1.29 is 24.1 Å². The van der Waals surface area contributed by atoms with Crippen molar-refractivity contribution in [3.8, 4) is 0 Å². The van der Waals surface area contributed by atoms with Crippen LogP contribution in [-0.4, -0.2) is 32.4 Å². The van der Waals surface area contributed by atoms with Gasteiger partial charge in [0.25, 0.3) is 0 Å². The number of aromatic nitrogens is 2. The second-order valence-corrected chi connectivity index (χ2v) is 7.40. The lowest BCUT2D eigenvalue weighted by Crippen LogP contribution is -2.23. The Hall–Kier alpha value is -4.12. The number of halogens is 2. The normalized spacial score (nSPS) is 10.9. The van der Waals surface area contributed by atoms with Crippen LogP contribution in [0.1, 0.15) is 27.3 Å². The Morgan fingerprint density at radius 1 is 1.00 bits per heavy atom. The molecule has 1 heterocycles. The summed E-state index contributed by atoms with van der Waals surface area (Å²) in [4.78, 5) is 14.4. The third-order valence-corrected chi connectivity index (χ3v) is 4.81. The van der Waals surface area contributed by atoms with Crippen molar-refractivity contribution in [2.45, 2.75) is 13.1 Å². The molecule has 0 unspecified atom stereocenters. The topological polar surface area (TPSA) is 133 Å². The lowest BCUT2D eigenvalue weighted by Gasteiger charge is -2.05. The Morgan fingerprint density at radius 3 is 2.29 bits per heavy atom. The van der Waals surface area contributed by atoms with E-state index in [0.29, 0.717) is 30.0 Å². The molecule has 0 fully saturated rings. The third-order valence-electron chi connectivity index (χ3n) is 4.52. The molecular formula is C24H21ClFN5O4. The third kappa shape index (κ3) is 7.71. The van der Waals surface area contributed by atoms with E-state index < -0.39 is 11.8 Å². The Balaban J connectivity index is 0.000000320. The van der Waals surface area contributed by atoms with Crippen molar-refractivity contribution in [2.24, 2.45) is 4.99 Å². The zero-order chi connectivity index (χ0) is 25.0. The molecule has 0 atom stereocenters. The SMILES string of the molecule is O=C(O)c1ccccc1.ONC(=Nc1ccc(F)c(Cl)c1)c1nonc1CNCc1ccccc1. The highest BCUT2D eigenvalue weighted by Gasteiger charge is 2.16. The zero-order valence-corrected chi connectivity index (χ0v) is 19.0. The van der Waals surface area contributed by atoms with Gasteiger partial charge in [0.05, 0.1) is 16.3 Å². The molecule has 0 radical (unpaired) electrons. The molecule has 0 aliphatic heterocycles. The molecule has 0 bridgehead atoms. The number of nitrogens with one attached hydrogen (secondary N) is 2. The second-order valence-electron chi connectivity index (χ2n) is 6.99. The summed E-state index contributed by atoms with van der Waals surface area (Å²) in [5, 5.41) is 28.5. The van der Waals surface area contributed by atoms with Crippen molar-refractivity contribution in [1.29, 1.82) is 0 Å². The number of benzene rings is 3. The highest BCUT2D eigenvalue weighted by atomic mass is 35.5. The molecule has 4 aromatic rings. The largest absolute Gasteiger partial charge is 0.478 e. The van der Waals surface area contributed by atoms with Crippen molar-refractivity contribution >= 4 is 29.1 Å². The summed E-state index contributed by atoms with van der Waals surface area (Å²) < 4.78 is 18.0. The van der Waals surface area contributed by atoms with Gasteiger partial charge in [-0.15, -0.1) is 0 Å². The van der Waals surface area contributed by atoms with E-state index in [2.05, 4.69) is 20.6 Å².